The predicted molar refractivity (Wildman–Crippen MR) is 62.1 cm³/mol. The molecule has 0 aliphatic rings. The molecule has 5 nitrogen and oxygen atoms in total. The topological polar surface area (TPSA) is 64.3 Å². The standard InChI is InChI=1S/C12H10F2N2O3/c1-16-10(5-9(15-16)12(17)18)6-3-7(13)11(19-2)8(14)4-6/h3-5H,1-2H3,(H,17,18). The summed E-state index contributed by atoms with van der Waals surface area (Å²) in [5.74, 6) is -3.42. The average Bonchev–Trinajstić information content (AvgIpc) is 2.71. The number of rotatable bonds is 3. The van der Waals surface area contributed by atoms with Crippen LogP contribution in [0.15, 0.2) is 18.2 Å². The molecule has 0 fully saturated rings. The van der Waals surface area contributed by atoms with Crippen LogP contribution in [-0.4, -0.2) is 28.0 Å². The van der Waals surface area contributed by atoms with E-state index in [1.54, 1.807) is 0 Å². The van der Waals surface area contributed by atoms with Crippen molar-refractivity contribution in [1.29, 1.82) is 0 Å². The first-order chi connectivity index (χ1) is 8.93. The van der Waals surface area contributed by atoms with Gasteiger partial charge in [-0.25, -0.2) is 13.6 Å². The number of aryl methyl sites for hydroxylation is 1. The number of aromatic carboxylic acids is 1. The first-order valence-corrected chi connectivity index (χ1v) is 5.24. The number of methoxy groups -OCH3 is 1. The molecule has 19 heavy (non-hydrogen) atoms. The number of carboxylic acid groups (broad SMARTS) is 1. The Balaban J connectivity index is 2.56. The summed E-state index contributed by atoms with van der Waals surface area (Å²) < 4.78 is 33.0. The highest BCUT2D eigenvalue weighted by Crippen LogP contribution is 2.28. The van der Waals surface area contributed by atoms with Crippen LogP contribution < -0.4 is 4.74 Å². The van der Waals surface area contributed by atoms with Crippen molar-refractivity contribution >= 4 is 5.97 Å². The lowest BCUT2D eigenvalue weighted by Gasteiger charge is -2.07. The fourth-order valence-electron chi connectivity index (χ4n) is 1.74. The molecule has 0 atom stereocenters. The first kappa shape index (κ1) is 13.0. The van der Waals surface area contributed by atoms with Gasteiger partial charge in [0.05, 0.1) is 12.8 Å². The molecule has 0 unspecified atom stereocenters. The monoisotopic (exact) mass is 268 g/mol. The summed E-state index contributed by atoms with van der Waals surface area (Å²) in [5.41, 5.74) is 0.269. The molecule has 1 aromatic heterocycles. The number of hydrogen-bond acceptors (Lipinski definition) is 3. The van der Waals surface area contributed by atoms with Crippen LogP contribution in [0, 0.1) is 11.6 Å². The molecular weight excluding hydrogens is 258 g/mol. The van der Waals surface area contributed by atoms with E-state index in [1.807, 2.05) is 0 Å². The molecule has 0 bridgehead atoms. The van der Waals surface area contributed by atoms with Gasteiger partial charge in [0.15, 0.2) is 23.1 Å². The third-order valence-corrected chi connectivity index (χ3v) is 2.60. The molecule has 0 saturated carbocycles. The number of benzene rings is 1. The van der Waals surface area contributed by atoms with Crippen LogP contribution in [0.3, 0.4) is 0 Å². The van der Waals surface area contributed by atoms with Gasteiger partial charge in [0.1, 0.15) is 0 Å². The van der Waals surface area contributed by atoms with Crippen molar-refractivity contribution < 1.29 is 23.4 Å². The van der Waals surface area contributed by atoms with Crippen molar-refractivity contribution in [2.75, 3.05) is 7.11 Å². The predicted octanol–water partition coefficient (Wildman–Crippen LogP) is 2.07. The van der Waals surface area contributed by atoms with Crippen molar-refractivity contribution in [3.63, 3.8) is 0 Å². The van der Waals surface area contributed by atoms with Crippen LogP contribution in [0.2, 0.25) is 0 Å². The molecular formula is C12H10F2N2O3. The number of halogens is 2. The minimum atomic E-state index is -1.21. The van der Waals surface area contributed by atoms with E-state index in [0.717, 1.165) is 19.2 Å². The molecule has 0 spiro atoms. The molecule has 1 aromatic carbocycles. The number of carboxylic acids is 1. The molecule has 0 aliphatic heterocycles. The molecule has 7 heteroatoms. The van der Waals surface area contributed by atoms with E-state index in [1.165, 1.54) is 17.8 Å². The van der Waals surface area contributed by atoms with Crippen molar-refractivity contribution in [3.05, 3.63) is 35.5 Å². The Hall–Kier alpha value is -2.44. The zero-order valence-corrected chi connectivity index (χ0v) is 10.1. The molecule has 1 N–H and O–H groups in total. The number of nitrogens with zero attached hydrogens (tertiary/aromatic N) is 2. The summed E-state index contributed by atoms with van der Waals surface area (Å²) in [4.78, 5) is 10.8. The normalized spacial score (nSPS) is 10.5. The summed E-state index contributed by atoms with van der Waals surface area (Å²) in [5, 5.41) is 12.5. The fraction of sp³-hybridized carbons (Fsp3) is 0.167. The number of aromatic nitrogens is 2. The molecule has 0 saturated heterocycles. The highest BCUT2D eigenvalue weighted by atomic mass is 19.1. The fourth-order valence-corrected chi connectivity index (χ4v) is 1.74. The van der Waals surface area contributed by atoms with Gasteiger partial charge in [-0.3, -0.25) is 4.68 Å². The van der Waals surface area contributed by atoms with E-state index < -0.39 is 23.4 Å². The van der Waals surface area contributed by atoms with E-state index in [-0.39, 0.29) is 17.0 Å². The largest absolute Gasteiger partial charge is 0.491 e. The van der Waals surface area contributed by atoms with Gasteiger partial charge in [0.25, 0.3) is 0 Å². The molecule has 2 aromatic rings. The maximum atomic E-state index is 13.6. The van der Waals surface area contributed by atoms with Crippen LogP contribution in [0.4, 0.5) is 8.78 Å². The summed E-state index contributed by atoms with van der Waals surface area (Å²) in [6, 6.07) is 3.36. The van der Waals surface area contributed by atoms with Gasteiger partial charge in [0.2, 0.25) is 0 Å². The number of ether oxygens (including phenoxy) is 1. The summed E-state index contributed by atoms with van der Waals surface area (Å²) in [6.07, 6.45) is 0. The maximum Gasteiger partial charge on any atom is 0.356 e. The average molecular weight is 268 g/mol. The highest BCUT2D eigenvalue weighted by molar-refractivity contribution is 5.87. The van der Waals surface area contributed by atoms with Crippen LogP contribution in [0.5, 0.6) is 5.75 Å². The first-order valence-electron chi connectivity index (χ1n) is 5.24. The van der Waals surface area contributed by atoms with Gasteiger partial charge in [-0.15, -0.1) is 0 Å². The maximum absolute atomic E-state index is 13.6. The van der Waals surface area contributed by atoms with Gasteiger partial charge in [-0.2, -0.15) is 5.10 Å². The zero-order valence-electron chi connectivity index (χ0n) is 10.1. The number of carbonyl (C=O) groups is 1. The smallest absolute Gasteiger partial charge is 0.356 e. The molecule has 0 radical (unpaired) electrons. The Morgan fingerprint density at radius 1 is 1.32 bits per heavy atom. The van der Waals surface area contributed by atoms with E-state index in [9.17, 15) is 13.6 Å². The lowest BCUT2D eigenvalue weighted by atomic mass is 10.1. The Morgan fingerprint density at radius 2 is 1.89 bits per heavy atom. The van der Waals surface area contributed by atoms with E-state index >= 15 is 0 Å². The van der Waals surface area contributed by atoms with Crippen molar-refractivity contribution in [2.24, 2.45) is 7.05 Å². The lowest BCUT2D eigenvalue weighted by molar-refractivity contribution is 0.0689. The van der Waals surface area contributed by atoms with Crippen LogP contribution in [0.25, 0.3) is 11.3 Å². The summed E-state index contributed by atoms with van der Waals surface area (Å²) in [6.45, 7) is 0. The SMILES string of the molecule is COc1c(F)cc(-c2cc(C(=O)O)nn2C)cc1F. The van der Waals surface area contributed by atoms with Crippen molar-refractivity contribution in [3.8, 4) is 17.0 Å². The van der Waals surface area contributed by atoms with Gasteiger partial charge < -0.3 is 9.84 Å². The van der Waals surface area contributed by atoms with Crippen molar-refractivity contribution in [2.45, 2.75) is 0 Å². The van der Waals surface area contributed by atoms with Crippen LogP contribution in [-0.2, 0) is 7.05 Å². The Morgan fingerprint density at radius 3 is 2.32 bits per heavy atom. The molecule has 100 valence electrons. The van der Waals surface area contributed by atoms with Gasteiger partial charge in [-0.1, -0.05) is 0 Å². The van der Waals surface area contributed by atoms with Gasteiger partial charge in [0, 0.05) is 12.6 Å². The summed E-state index contributed by atoms with van der Waals surface area (Å²) in [7, 11) is 2.65. The van der Waals surface area contributed by atoms with E-state index in [2.05, 4.69) is 9.84 Å². The van der Waals surface area contributed by atoms with E-state index in [0.29, 0.717) is 0 Å². The molecule has 1 heterocycles. The highest BCUT2D eigenvalue weighted by Gasteiger charge is 2.17. The van der Waals surface area contributed by atoms with Crippen molar-refractivity contribution in [1.82, 2.24) is 9.78 Å². The zero-order chi connectivity index (χ0) is 14.2. The van der Waals surface area contributed by atoms with Crippen LogP contribution >= 0.6 is 0 Å². The Kier molecular flexibility index (Phi) is 3.20. The second-order valence-corrected chi connectivity index (χ2v) is 3.82. The second-order valence-electron chi connectivity index (χ2n) is 3.82. The van der Waals surface area contributed by atoms with Gasteiger partial charge in [-0.05, 0) is 18.2 Å². The van der Waals surface area contributed by atoms with Crippen LogP contribution in [0.1, 0.15) is 10.5 Å². The Labute approximate surface area is 107 Å². The summed E-state index contributed by atoms with van der Waals surface area (Å²) >= 11 is 0. The third-order valence-electron chi connectivity index (χ3n) is 2.60. The third kappa shape index (κ3) is 2.26. The minimum absolute atomic E-state index is 0.179. The van der Waals surface area contributed by atoms with E-state index in [4.69, 9.17) is 5.11 Å². The molecule has 0 aliphatic carbocycles. The molecule has 2 rings (SSSR count). The second kappa shape index (κ2) is 4.68. The Bertz CT molecular complexity index is 629. The lowest BCUT2D eigenvalue weighted by Crippen LogP contribution is -1.99. The van der Waals surface area contributed by atoms with Gasteiger partial charge >= 0.3 is 5.97 Å². The molecule has 0 amide bonds. The quantitative estimate of drug-likeness (QED) is 0.925. The minimum Gasteiger partial charge on any atom is -0.491 e. The number of hydrogen-bond donors (Lipinski definition) is 1.